The Labute approximate surface area is 103 Å². The van der Waals surface area contributed by atoms with Crippen LogP contribution < -0.4 is 11.1 Å². The van der Waals surface area contributed by atoms with Crippen molar-refractivity contribution in [1.29, 1.82) is 0 Å². The van der Waals surface area contributed by atoms with Crippen molar-refractivity contribution in [3.05, 3.63) is 47.5 Å². The van der Waals surface area contributed by atoms with Gasteiger partial charge >= 0.3 is 0 Å². The van der Waals surface area contributed by atoms with E-state index < -0.39 is 0 Å². The highest BCUT2D eigenvalue weighted by Crippen LogP contribution is 2.10. The van der Waals surface area contributed by atoms with Gasteiger partial charge in [-0.15, -0.1) is 0 Å². The molecule has 0 amide bonds. The Morgan fingerprint density at radius 2 is 2.00 bits per heavy atom. The van der Waals surface area contributed by atoms with Crippen LogP contribution in [0.1, 0.15) is 25.0 Å². The van der Waals surface area contributed by atoms with Gasteiger partial charge < -0.3 is 11.1 Å². The molecule has 3 nitrogen and oxygen atoms in total. The van der Waals surface area contributed by atoms with E-state index >= 15 is 0 Å². The molecule has 0 fully saturated rings. The molecule has 1 aromatic carbocycles. The standard InChI is InChI=1S/C14H21N3/c1-4-12-7-5-6-8-13(12)10-17-14(15)16-9-11(2)3/h5-8H,2,4,9-10H2,1,3H3,(H3,15,16,17). The highest BCUT2D eigenvalue weighted by atomic mass is 15.1. The van der Waals surface area contributed by atoms with Crippen molar-refractivity contribution in [2.75, 3.05) is 6.54 Å². The first-order valence-electron chi connectivity index (χ1n) is 5.88. The lowest BCUT2D eigenvalue weighted by molar-refractivity contribution is 0.930. The zero-order chi connectivity index (χ0) is 12.7. The van der Waals surface area contributed by atoms with Crippen molar-refractivity contribution in [1.82, 2.24) is 5.32 Å². The fourth-order valence-electron chi connectivity index (χ4n) is 1.52. The van der Waals surface area contributed by atoms with Gasteiger partial charge in [0.2, 0.25) is 0 Å². The van der Waals surface area contributed by atoms with Gasteiger partial charge in [-0.05, 0) is 24.5 Å². The molecule has 0 saturated heterocycles. The molecule has 0 heterocycles. The van der Waals surface area contributed by atoms with E-state index in [1.807, 2.05) is 13.0 Å². The minimum absolute atomic E-state index is 0.471. The van der Waals surface area contributed by atoms with Crippen molar-refractivity contribution in [3.8, 4) is 0 Å². The average Bonchev–Trinajstić information content (AvgIpc) is 2.34. The number of hydrogen-bond donors (Lipinski definition) is 2. The lowest BCUT2D eigenvalue weighted by Crippen LogP contribution is -2.32. The summed E-state index contributed by atoms with van der Waals surface area (Å²) in [4.78, 5) is 4.32. The zero-order valence-electron chi connectivity index (χ0n) is 10.7. The van der Waals surface area contributed by atoms with Crippen molar-refractivity contribution < 1.29 is 0 Å². The predicted molar refractivity (Wildman–Crippen MR) is 74.0 cm³/mol. The van der Waals surface area contributed by atoms with E-state index in [1.54, 1.807) is 0 Å². The maximum absolute atomic E-state index is 5.76. The van der Waals surface area contributed by atoms with E-state index in [9.17, 15) is 0 Å². The molecular formula is C14H21N3. The number of nitrogens with zero attached hydrogens (tertiary/aromatic N) is 1. The summed E-state index contributed by atoms with van der Waals surface area (Å²) in [6.45, 7) is 9.19. The molecule has 0 atom stereocenters. The number of nitrogens with two attached hydrogens (primary N) is 1. The molecule has 0 aliphatic carbocycles. The van der Waals surface area contributed by atoms with E-state index in [4.69, 9.17) is 5.73 Å². The Morgan fingerprint density at radius 3 is 2.59 bits per heavy atom. The van der Waals surface area contributed by atoms with Crippen LogP contribution in [0.4, 0.5) is 0 Å². The molecule has 0 aliphatic rings. The number of aryl methyl sites for hydroxylation is 1. The quantitative estimate of drug-likeness (QED) is 0.464. The second kappa shape index (κ2) is 6.74. The number of rotatable bonds is 5. The van der Waals surface area contributed by atoms with Gasteiger partial charge in [-0.25, -0.2) is 4.99 Å². The first-order chi connectivity index (χ1) is 8.13. The van der Waals surface area contributed by atoms with Gasteiger partial charge in [-0.3, -0.25) is 0 Å². The van der Waals surface area contributed by atoms with Crippen molar-refractivity contribution in [3.63, 3.8) is 0 Å². The van der Waals surface area contributed by atoms with Gasteiger partial charge in [-0.1, -0.05) is 43.3 Å². The van der Waals surface area contributed by atoms with Crippen LogP contribution in [0.5, 0.6) is 0 Å². The molecular weight excluding hydrogens is 210 g/mol. The molecule has 0 bridgehead atoms. The Hall–Kier alpha value is -1.77. The van der Waals surface area contributed by atoms with Gasteiger partial charge in [-0.2, -0.15) is 0 Å². The molecule has 17 heavy (non-hydrogen) atoms. The number of guanidine groups is 1. The van der Waals surface area contributed by atoms with Gasteiger partial charge in [0.25, 0.3) is 0 Å². The van der Waals surface area contributed by atoms with Crippen LogP contribution in [0.2, 0.25) is 0 Å². The van der Waals surface area contributed by atoms with Crippen LogP contribution in [-0.2, 0) is 13.0 Å². The lowest BCUT2D eigenvalue weighted by Gasteiger charge is -2.07. The van der Waals surface area contributed by atoms with Crippen molar-refractivity contribution >= 4 is 5.96 Å². The van der Waals surface area contributed by atoms with E-state index in [1.165, 1.54) is 11.1 Å². The van der Waals surface area contributed by atoms with Crippen LogP contribution in [0.3, 0.4) is 0 Å². The number of hydrogen-bond acceptors (Lipinski definition) is 1. The Balaban J connectivity index is 2.59. The smallest absolute Gasteiger partial charge is 0.189 e. The fourth-order valence-corrected chi connectivity index (χ4v) is 1.52. The van der Waals surface area contributed by atoms with Crippen LogP contribution >= 0.6 is 0 Å². The molecule has 1 aromatic rings. The summed E-state index contributed by atoms with van der Waals surface area (Å²) < 4.78 is 0. The van der Waals surface area contributed by atoms with Crippen molar-refractivity contribution in [2.24, 2.45) is 10.7 Å². The van der Waals surface area contributed by atoms with Crippen LogP contribution in [0.15, 0.2) is 41.4 Å². The van der Waals surface area contributed by atoms with Crippen LogP contribution in [-0.4, -0.2) is 12.5 Å². The lowest BCUT2D eigenvalue weighted by atomic mass is 10.1. The molecule has 0 aromatic heterocycles. The zero-order valence-corrected chi connectivity index (χ0v) is 10.7. The SMILES string of the molecule is C=C(C)CNC(N)=NCc1ccccc1CC. The third-order valence-corrected chi connectivity index (χ3v) is 2.49. The summed E-state index contributed by atoms with van der Waals surface area (Å²) in [5.74, 6) is 0.471. The summed E-state index contributed by atoms with van der Waals surface area (Å²) in [5.41, 5.74) is 9.35. The first kappa shape index (κ1) is 13.3. The van der Waals surface area contributed by atoms with Crippen LogP contribution in [0.25, 0.3) is 0 Å². The molecule has 1 rings (SSSR count). The maximum Gasteiger partial charge on any atom is 0.189 e. The molecule has 3 heteroatoms. The van der Waals surface area contributed by atoms with Gasteiger partial charge in [0, 0.05) is 6.54 Å². The molecule has 0 radical (unpaired) electrons. The monoisotopic (exact) mass is 231 g/mol. The predicted octanol–water partition coefficient (Wildman–Crippen LogP) is 2.23. The van der Waals surface area contributed by atoms with E-state index in [0.29, 0.717) is 19.0 Å². The number of benzene rings is 1. The third-order valence-electron chi connectivity index (χ3n) is 2.49. The highest BCUT2D eigenvalue weighted by molar-refractivity contribution is 5.78. The summed E-state index contributed by atoms with van der Waals surface area (Å²) in [5, 5.41) is 3.02. The molecule has 3 N–H and O–H groups in total. The second-order valence-corrected chi connectivity index (χ2v) is 4.13. The highest BCUT2D eigenvalue weighted by Gasteiger charge is 1.98. The summed E-state index contributed by atoms with van der Waals surface area (Å²) >= 11 is 0. The Kier molecular flexibility index (Phi) is 5.27. The van der Waals surface area contributed by atoms with E-state index in [0.717, 1.165) is 12.0 Å². The van der Waals surface area contributed by atoms with E-state index in [2.05, 4.69) is 42.0 Å². The van der Waals surface area contributed by atoms with E-state index in [-0.39, 0.29) is 0 Å². The largest absolute Gasteiger partial charge is 0.370 e. The van der Waals surface area contributed by atoms with Crippen molar-refractivity contribution in [2.45, 2.75) is 26.8 Å². The average molecular weight is 231 g/mol. The fraction of sp³-hybridized carbons (Fsp3) is 0.357. The third kappa shape index (κ3) is 4.72. The number of nitrogens with one attached hydrogen (secondary N) is 1. The topological polar surface area (TPSA) is 50.4 Å². The van der Waals surface area contributed by atoms with Crippen LogP contribution in [0, 0.1) is 0 Å². The second-order valence-electron chi connectivity index (χ2n) is 4.13. The van der Waals surface area contributed by atoms with Gasteiger partial charge in [0.1, 0.15) is 0 Å². The molecule has 0 unspecified atom stereocenters. The molecule has 0 saturated carbocycles. The maximum atomic E-state index is 5.76. The normalized spacial score (nSPS) is 11.3. The summed E-state index contributed by atoms with van der Waals surface area (Å²) in [7, 11) is 0. The Morgan fingerprint density at radius 1 is 1.35 bits per heavy atom. The molecule has 92 valence electrons. The molecule has 0 spiro atoms. The molecule has 0 aliphatic heterocycles. The van der Waals surface area contributed by atoms with Gasteiger partial charge in [0.05, 0.1) is 6.54 Å². The Bertz CT molecular complexity index is 408. The van der Waals surface area contributed by atoms with Gasteiger partial charge in [0.15, 0.2) is 5.96 Å². The minimum atomic E-state index is 0.471. The number of aliphatic imine (C=N–C) groups is 1. The minimum Gasteiger partial charge on any atom is -0.370 e. The summed E-state index contributed by atoms with van der Waals surface area (Å²) in [6, 6.07) is 8.30. The first-order valence-corrected chi connectivity index (χ1v) is 5.88. The summed E-state index contributed by atoms with van der Waals surface area (Å²) in [6.07, 6.45) is 1.02.